The Balaban J connectivity index is 2.10. The molecule has 20 heavy (non-hydrogen) atoms. The maximum Gasteiger partial charge on any atom is 0.120 e. The zero-order valence-corrected chi connectivity index (χ0v) is 13.5. The Hall–Kier alpha value is -1.72. The van der Waals surface area contributed by atoms with Crippen molar-refractivity contribution in [2.75, 3.05) is 0 Å². The minimum atomic E-state index is -0.176. The van der Waals surface area contributed by atoms with Crippen LogP contribution in [0.25, 0.3) is 0 Å². The van der Waals surface area contributed by atoms with E-state index in [0.29, 0.717) is 0 Å². The van der Waals surface area contributed by atoms with Gasteiger partial charge in [-0.05, 0) is 69.3 Å². The lowest BCUT2D eigenvalue weighted by molar-refractivity contribution is 0.131. The summed E-state index contributed by atoms with van der Waals surface area (Å²) in [7, 11) is 0. The summed E-state index contributed by atoms with van der Waals surface area (Å²) in [5.74, 6) is 7.16. The van der Waals surface area contributed by atoms with Crippen molar-refractivity contribution in [2.45, 2.75) is 26.4 Å². The van der Waals surface area contributed by atoms with E-state index < -0.39 is 0 Å². The second kappa shape index (κ2) is 6.15. The molecule has 0 saturated carbocycles. The van der Waals surface area contributed by atoms with Gasteiger partial charge in [0, 0.05) is 15.6 Å². The Morgan fingerprint density at radius 3 is 1.70 bits per heavy atom. The first-order valence-electron chi connectivity index (χ1n) is 6.49. The van der Waals surface area contributed by atoms with Gasteiger partial charge in [0.05, 0.1) is 0 Å². The first kappa shape index (κ1) is 14.7. The second-order valence-corrected chi connectivity index (χ2v) is 6.41. The molecule has 2 heteroatoms. The highest BCUT2D eigenvalue weighted by molar-refractivity contribution is 9.10. The minimum absolute atomic E-state index is 0.176. The van der Waals surface area contributed by atoms with Gasteiger partial charge >= 0.3 is 0 Å². The summed E-state index contributed by atoms with van der Waals surface area (Å²) in [6, 6.07) is 15.8. The molecular formula is C18H17BrO. The van der Waals surface area contributed by atoms with E-state index in [0.717, 1.165) is 21.3 Å². The van der Waals surface area contributed by atoms with Crippen LogP contribution < -0.4 is 4.74 Å². The van der Waals surface area contributed by atoms with Crippen molar-refractivity contribution in [3.8, 4) is 17.6 Å². The van der Waals surface area contributed by atoms with E-state index in [2.05, 4.69) is 27.8 Å². The molecule has 1 nitrogen and oxygen atoms in total. The van der Waals surface area contributed by atoms with E-state index in [4.69, 9.17) is 4.74 Å². The van der Waals surface area contributed by atoms with Crippen molar-refractivity contribution in [3.05, 3.63) is 64.1 Å². The standard InChI is InChI=1S/C18H17BrO/c1-18(2,3)20-17-12-8-15(9-13-17)5-4-14-6-10-16(19)11-7-14/h6-13H,1-3H3. The van der Waals surface area contributed by atoms with Gasteiger partial charge in [-0.2, -0.15) is 0 Å². The van der Waals surface area contributed by atoms with Gasteiger partial charge in [-0.3, -0.25) is 0 Å². The predicted molar refractivity (Wildman–Crippen MR) is 86.9 cm³/mol. The van der Waals surface area contributed by atoms with Gasteiger partial charge in [0.2, 0.25) is 0 Å². The minimum Gasteiger partial charge on any atom is -0.488 e. The van der Waals surface area contributed by atoms with E-state index in [9.17, 15) is 0 Å². The molecule has 0 aliphatic rings. The molecule has 0 aliphatic heterocycles. The Labute approximate surface area is 129 Å². The summed E-state index contributed by atoms with van der Waals surface area (Å²) in [6.07, 6.45) is 0. The predicted octanol–water partition coefficient (Wildman–Crippen LogP) is 5.03. The van der Waals surface area contributed by atoms with Crippen molar-refractivity contribution in [3.63, 3.8) is 0 Å². The van der Waals surface area contributed by atoms with E-state index in [-0.39, 0.29) is 5.60 Å². The third-order valence-corrected chi connectivity index (χ3v) is 3.00. The van der Waals surface area contributed by atoms with Crippen molar-refractivity contribution in [1.29, 1.82) is 0 Å². The fourth-order valence-electron chi connectivity index (χ4n) is 1.64. The van der Waals surface area contributed by atoms with E-state index >= 15 is 0 Å². The summed E-state index contributed by atoms with van der Waals surface area (Å²) < 4.78 is 6.84. The number of halogens is 1. The van der Waals surface area contributed by atoms with Gasteiger partial charge in [-0.15, -0.1) is 0 Å². The van der Waals surface area contributed by atoms with Crippen LogP contribution in [0.2, 0.25) is 0 Å². The van der Waals surface area contributed by atoms with Gasteiger partial charge in [0.25, 0.3) is 0 Å². The maximum absolute atomic E-state index is 5.78. The number of ether oxygens (including phenoxy) is 1. The lowest BCUT2D eigenvalue weighted by Crippen LogP contribution is -2.22. The second-order valence-electron chi connectivity index (χ2n) is 5.50. The van der Waals surface area contributed by atoms with Crippen LogP contribution in [0.4, 0.5) is 0 Å². The maximum atomic E-state index is 5.78. The van der Waals surface area contributed by atoms with Crippen molar-refractivity contribution in [1.82, 2.24) is 0 Å². The molecule has 0 heterocycles. The fraction of sp³-hybridized carbons (Fsp3) is 0.222. The molecule has 102 valence electrons. The third kappa shape index (κ3) is 4.75. The molecule has 2 rings (SSSR count). The van der Waals surface area contributed by atoms with Crippen molar-refractivity contribution >= 4 is 15.9 Å². The SMILES string of the molecule is CC(C)(C)Oc1ccc(C#Cc2ccc(Br)cc2)cc1. The Bertz CT molecular complexity index is 622. The van der Waals surface area contributed by atoms with Crippen LogP contribution >= 0.6 is 15.9 Å². The van der Waals surface area contributed by atoms with Gasteiger partial charge in [-0.25, -0.2) is 0 Å². The molecule has 0 N–H and O–H groups in total. The quantitative estimate of drug-likeness (QED) is 0.667. The summed E-state index contributed by atoms with van der Waals surface area (Å²) in [5.41, 5.74) is 1.81. The smallest absolute Gasteiger partial charge is 0.120 e. The summed E-state index contributed by atoms with van der Waals surface area (Å²) >= 11 is 3.41. The summed E-state index contributed by atoms with van der Waals surface area (Å²) in [6.45, 7) is 6.11. The van der Waals surface area contributed by atoms with Gasteiger partial charge < -0.3 is 4.74 Å². The van der Waals surface area contributed by atoms with Gasteiger partial charge in [0.15, 0.2) is 0 Å². The molecule has 0 saturated heterocycles. The first-order chi connectivity index (χ1) is 9.42. The highest BCUT2D eigenvalue weighted by Crippen LogP contribution is 2.18. The number of hydrogen-bond acceptors (Lipinski definition) is 1. The topological polar surface area (TPSA) is 9.23 Å². The van der Waals surface area contributed by atoms with Gasteiger partial charge in [0.1, 0.15) is 11.4 Å². The molecule has 0 spiro atoms. The third-order valence-electron chi connectivity index (χ3n) is 2.47. The molecule has 2 aromatic rings. The molecule has 0 aliphatic carbocycles. The Morgan fingerprint density at radius 2 is 1.25 bits per heavy atom. The highest BCUT2D eigenvalue weighted by atomic mass is 79.9. The highest BCUT2D eigenvalue weighted by Gasteiger charge is 2.10. The van der Waals surface area contributed by atoms with E-state index in [1.54, 1.807) is 0 Å². The molecule has 0 amide bonds. The summed E-state index contributed by atoms with van der Waals surface area (Å²) in [5, 5.41) is 0. The molecule has 2 aromatic carbocycles. The molecule has 0 radical (unpaired) electrons. The average Bonchev–Trinajstić information content (AvgIpc) is 2.38. The molecule has 0 unspecified atom stereocenters. The molecular weight excluding hydrogens is 312 g/mol. The van der Waals surface area contributed by atoms with Crippen LogP contribution in [0.15, 0.2) is 53.0 Å². The van der Waals surface area contributed by atoms with Crippen LogP contribution in [-0.4, -0.2) is 5.60 Å². The van der Waals surface area contributed by atoms with Crippen LogP contribution in [0.1, 0.15) is 31.9 Å². The van der Waals surface area contributed by atoms with Crippen LogP contribution in [0.5, 0.6) is 5.75 Å². The average molecular weight is 329 g/mol. The zero-order valence-electron chi connectivity index (χ0n) is 11.9. The Kier molecular flexibility index (Phi) is 4.52. The number of hydrogen-bond donors (Lipinski definition) is 0. The molecule has 0 bridgehead atoms. The normalized spacial score (nSPS) is 10.6. The van der Waals surface area contributed by atoms with E-state index in [1.165, 1.54) is 0 Å². The fourth-order valence-corrected chi connectivity index (χ4v) is 1.90. The Morgan fingerprint density at radius 1 is 0.800 bits per heavy atom. The molecule has 0 atom stereocenters. The molecule has 0 fully saturated rings. The van der Waals surface area contributed by atoms with Crippen molar-refractivity contribution < 1.29 is 4.74 Å². The molecule has 0 aromatic heterocycles. The largest absolute Gasteiger partial charge is 0.488 e. The van der Waals surface area contributed by atoms with Crippen LogP contribution in [-0.2, 0) is 0 Å². The lowest BCUT2D eigenvalue weighted by Gasteiger charge is -2.21. The first-order valence-corrected chi connectivity index (χ1v) is 7.28. The number of benzene rings is 2. The number of rotatable bonds is 1. The van der Waals surface area contributed by atoms with Crippen LogP contribution in [0.3, 0.4) is 0 Å². The monoisotopic (exact) mass is 328 g/mol. The zero-order chi connectivity index (χ0) is 14.6. The summed E-state index contributed by atoms with van der Waals surface area (Å²) in [4.78, 5) is 0. The lowest BCUT2D eigenvalue weighted by atomic mass is 10.1. The van der Waals surface area contributed by atoms with Crippen LogP contribution in [0, 0.1) is 11.8 Å². The van der Waals surface area contributed by atoms with E-state index in [1.807, 2.05) is 69.3 Å². The van der Waals surface area contributed by atoms with Gasteiger partial charge in [-0.1, -0.05) is 27.8 Å². The van der Waals surface area contributed by atoms with Crippen molar-refractivity contribution in [2.24, 2.45) is 0 Å².